The molecule has 13 heteroatoms. The first-order valence-electron chi connectivity index (χ1n) is 2.53. The van der Waals surface area contributed by atoms with Gasteiger partial charge >= 0.3 is 23.9 Å². The Hall–Kier alpha value is -2.12. The summed E-state index contributed by atoms with van der Waals surface area (Å²) in [6, 6.07) is 0. The summed E-state index contributed by atoms with van der Waals surface area (Å²) in [5, 5.41) is 61.2. The van der Waals surface area contributed by atoms with E-state index in [1.54, 1.807) is 0 Å². The SMILES string of the molecule is O=C([O-])O.O=C([O-])O.O=C([O-])O.O=C([O-])O.[Sn+4]. The van der Waals surface area contributed by atoms with Gasteiger partial charge in [-0.3, -0.25) is 0 Å². The summed E-state index contributed by atoms with van der Waals surface area (Å²) in [5.41, 5.74) is 0. The van der Waals surface area contributed by atoms with Crippen molar-refractivity contribution in [3.8, 4) is 0 Å². The molecular formula is C4H4O12Sn. The molecule has 0 saturated heterocycles. The maximum atomic E-state index is 8.44. The average Bonchev–Trinajstić information content (AvgIpc) is 1.76. The maximum absolute atomic E-state index is 8.44. The number of carbonyl (C=O) groups is 4. The average molecular weight is 363 g/mol. The van der Waals surface area contributed by atoms with Gasteiger partial charge < -0.3 is 60.0 Å². The molecule has 0 bridgehead atoms. The van der Waals surface area contributed by atoms with Gasteiger partial charge in [-0.2, -0.15) is 0 Å². The summed E-state index contributed by atoms with van der Waals surface area (Å²) in [7, 11) is 0. The van der Waals surface area contributed by atoms with Crippen LogP contribution in [0.4, 0.5) is 19.2 Å². The van der Waals surface area contributed by atoms with Crippen LogP contribution in [0.3, 0.4) is 0 Å². The van der Waals surface area contributed by atoms with Crippen LogP contribution in [0.5, 0.6) is 0 Å². The van der Waals surface area contributed by atoms with Crippen molar-refractivity contribution in [3.63, 3.8) is 0 Å². The molecule has 0 unspecified atom stereocenters. The van der Waals surface area contributed by atoms with Crippen molar-refractivity contribution in [2.24, 2.45) is 0 Å². The number of carboxylic acid groups (broad SMARTS) is 8. The summed E-state index contributed by atoms with van der Waals surface area (Å²) < 4.78 is 0. The molecule has 4 N–H and O–H groups in total. The molecule has 12 nitrogen and oxygen atoms in total. The minimum absolute atomic E-state index is 0. The summed E-state index contributed by atoms with van der Waals surface area (Å²) >= 11 is 0. The predicted octanol–water partition coefficient (Wildman–Crippen LogP) is -4.83. The Kier molecular flexibility index (Phi) is 40.7. The summed E-state index contributed by atoms with van der Waals surface area (Å²) in [5.74, 6) is 0. The summed E-state index contributed by atoms with van der Waals surface area (Å²) in [4.78, 5) is 33.8. The molecule has 0 fully saturated rings. The second kappa shape index (κ2) is 23.6. The summed E-state index contributed by atoms with van der Waals surface area (Å²) in [6.45, 7) is 0. The Morgan fingerprint density at radius 2 is 0.529 bits per heavy atom. The van der Waals surface area contributed by atoms with E-state index in [9.17, 15) is 0 Å². The molecule has 0 aromatic carbocycles. The quantitative estimate of drug-likeness (QED) is 0.296. The molecule has 0 heterocycles. The Morgan fingerprint density at radius 3 is 0.529 bits per heavy atom. The van der Waals surface area contributed by atoms with E-state index >= 15 is 0 Å². The Morgan fingerprint density at radius 1 is 0.529 bits per heavy atom. The third kappa shape index (κ3) is 435. The third-order valence-electron chi connectivity index (χ3n) is 0. The monoisotopic (exact) mass is 364 g/mol. The molecular weight excluding hydrogens is 359 g/mol. The minimum Gasteiger partial charge on any atom is -0.565 e. The zero-order valence-electron chi connectivity index (χ0n) is 7.55. The summed E-state index contributed by atoms with van der Waals surface area (Å²) in [6.07, 6.45) is -8.33. The van der Waals surface area contributed by atoms with E-state index in [0.717, 1.165) is 0 Å². The fourth-order valence-corrected chi connectivity index (χ4v) is 0. The first-order chi connectivity index (χ1) is 6.93. The zero-order valence-corrected chi connectivity index (χ0v) is 10.4. The van der Waals surface area contributed by atoms with Gasteiger partial charge in [0.2, 0.25) is 24.6 Å². The van der Waals surface area contributed by atoms with Gasteiger partial charge in [-0.15, -0.1) is 0 Å². The van der Waals surface area contributed by atoms with Crippen molar-refractivity contribution in [1.82, 2.24) is 0 Å². The van der Waals surface area contributed by atoms with E-state index in [1.807, 2.05) is 0 Å². The van der Waals surface area contributed by atoms with E-state index in [-0.39, 0.29) is 23.9 Å². The fourth-order valence-electron chi connectivity index (χ4n) is 0. The second-order valence-corrected chi connectivity index (χ2v) is 1.06. The van der Waals surface area contributed by atoms with Crippen LogP contribution in [0.15, 0.2) is 0 Å². The first-order valence-corrected chi connectivity index (χ1v) is 2.53. The molecule has 0 amide bonds. The molecule has 0 saturated carbocycles. The van der Waals surface area contributed by atoms with Crippen molar-refractivity contribution in [1.29, 1.82) is 0 Å². The minimum atomic E-state index is -2.08. The molecule has 0 atom stereocenters. The standard InChI is InChI=1S/4CH2O3.Sn/c4*2-1(3)4;/h4*(H2,2,3,4);/q;;;;+4/p-4. The molecule has 0 aromatic heterocycles. The van der Waals surface area contributed by atoms with Gasteiger partial charge in [-0.05, 0) is 0 Å². The normalized spacial score (nSPS) is 5.65. The number of hydrogen-bond acceptors (Lipinski definition) is 8. The molecule has 0 aromatic rings. The molecule has 17 heavy (non-hydrogen) atoms. The fraction of sp³-hybridized carbons (Fsp3) is 0. The van der Waals surface area contributed by atoms with Gasteiger partial charge in [-0.1, -0.05) is 0 Å². The van der Waals surface area contributed by atoms with Gasteiger partial charge in [0, 0.05) is 0 Å². The third-order valence-corrected chi connectivity index (χ3v) is 0. The van der Waals surface area contributed by atoms with Crippen molar-refractivity contribution in [3.05, 3.63) is 0 Å². The van der Waals surface area contributed by atoms with Crippen LogP contribution in [-0.2, 0) is 0 Å². The van der Waals surface area contributed by atoms with E-state index in [0.29, 0.717) is 0 Å². The van der Waals surface area contributed by atoms with Crippen LogP contribution < -0.4 is 20.4 Å². The van der Waals surface area contributed by atoms with Crippen LogP contribution in [-0.4, -0.2) is 69.0 Å². The smallest absolute Gasteiger partial charge is 0.565 e. The van der Waals surface area contributed by atoms with E-state index in [2.05, 4.69) is 0 Å². The van der Waals surface area contributed by atoms with Crippen molar-refractivity contribution in [2.75, 3.05) is 0 Å². The van der Waals surface area contributed by atoms with Crippen LogP contribution in [0.1, 0.15) is 0 Å². The van der Waals surface area contributed by atoms with E-state index < -0.39 is 24.6 Å². The Balaban J connectivity index is -0.0000000369. The van der Waals surface area contributed by atoms with Crippen molar-refractivity contribution < 1.29 is 60.0 Å². The van der Waals surface area contributed by atoms with Crippen molar-refractivity contribution in [2.45, 2.75) is 0 Å². The molecule has 96 valence electrons. The number of hydrogen-bond donors (Lipinski definition) is 4. The molecule has 0 aliphatic rings. The van der Waals surface area contributed by atoms with Crippen LogP contribution in [0.2, 0.25) is 0 Å². The largest absolute Gasteiger partial charge is 4.00 e. The van der Waals surface area contributed by atoms with Crippen LogP contribution in [0.25, 0.3) is 0 Å². The zero-order chi connectivity index (χ0) is 14.3. The van der Waals surface area contributed by atoms with Crippen LogP contribution in [0, 0.1) is 0 Å². The molecule has 0 aliphatic carbocycles. The van der Waals surface area contributed by atoms with Gasteiger partial charge in [-0.25, -0.2) is 0 Å². The molecule has 0 radical (unpaired) electrons. The van der Waals surface area contributed by atoms with Gasteiger partial charge in [0.15, 0.2) is 0 Å². The Labute approximate surface area is 109 Å². The van der Waals surface area contributed by atoms with Crippen LogP contribution >= 0.6 is 0 Å². The maximum Gasteiger partial charge on any atom is 4.00 e. The number of rotatable bonds is 0. The van der Waals surface area contributed by atoms with E-state index in [4.69, 9.17) is 60.0 Å². The van der Waals surface area contributed by atoms with E-state index in [1.165, 1.54) is 0 Å². The van der Waals surface area contributed by atoms with Gasteiger partial charge in [0.25, 0.3) is 0 Å². The Bertz CT molecular complexity index is 159. The van der Waals surface area contributed by atoms with Crippen molar-refractivity contribution >= 4 is 48.5 Å². The molecule has 0 rings (SSSR count). The van der Waals surface area contributed by atoms with Gasteiger partial charge in [0.05, 0.1) is 0 Å². The molecule has 0 aliphatic heterocycles. The topological polar surface area (TPSA) is 241 Å². The van der Waals surface area contributed by atoms with Gasteiger partial charge in [0.1, 0.15) is 0 Å². The molecule has 0 spiro atoms. The first kappa shape index (κ1) is 29.4. The predicted molar refractivity (Wildman–Crippen MR) is 37.9 cm³/mol. The second-order valence-electron chi connectivity index (χ2n) is 1.06.